The number of aliphatic hydroxyl groups is 1. The molecule has 0 spiro atoms. The molecule has 134 valence electrons. The molecular formula is C22H28O3. The zero-order chi connectivity index (χ0) is 17.5. The van der Waals surface area contributed by atoms with E-state index in [2.05, 4.69) is 30.3 Å². The molecule has 2 unspecified atom stereocenters. The summed E-state index contributed by atoms with van der Waals surface area (Å²) in [6.45, 7) is 1.03. The SMILES string of the molecule is COc1ccccc1CCCOc1ccc(C2CCC(CO)C2)cc1. The van der Waals surface area contributed by atoms with Crippen LogP contribution in [0.15, 0.2) is 48.5 Å². The molecule has 3 rings (SSSR count). The van der Waals surface area contributed by atoms with Crippen molar-refractivity contribution in [1.82, 2.24) is 0 Å². The van der Waals surface area contributed by atoms with Crippen LogP contribution in [-0.4, -0.2) is 25.4 Å². The van der Waals surface area contributed by atoms with Gasteiger partial charge in [-0.15, -0.1) is 0 Å². The van der Waals surface area contributed by atoms with Gasteiger partial charge in [0.15, 0.2) is 0 Å². The molecule has 2 aromatic carbocycles. The third kappa shape index (κ3) is 4.76. The van der Waals surface area contributed by atoms with Crippen molar-refractivity contribution in [1.29, 1.82) is 0 Å². The molecule has 1 N–H and O–H groups in total. The summed E-state index contributed by atoms with van der Waals surface area (Å²) in [6, 6.07) is 16.7. The Morgan fingerprint density at radius 2 is 1.84 bits per heavy atom. The van der Waals surface area contributed by atoms with Crippen LogP contribution in [0, 0.1) is 5.92 Å². The molecule has 3 heteroatoms. The fourth-order valence-electron chi connectivity index (χ4n) is 3.74. The number of methoxy groups -OCH3 is 1. The second kappa shape index (κ2) is 8.91. The average molecular weight is 340 g/mol. The van der Waals surface area contributed by atoms with Crippen molar-refractivity contribution >= 4 is 0 Å². The molecule has 1 fully saturated rings. The summed E-state index contributed by atoms with van der Waals surface area (Å²) in [4.78, 5) is 0. The van der Waals surface area contributed by atoms with E-state index >= 15 is 0 Å². The van der Waals surface area contributed by atoms with Gasteiger partial charge in [-0.25, -0.2) is 0 Å². The van der Waals surface area contributed by atoms with Gasteiger partial charge >= 0.3 is 0 Å². The Morgan fingerprint density at radius 3 is 2.56 bits per heavy atom. The summed E-state index contributed by atoms with van der Waals surface area (Å²) < 4.78 is 11.3. The number of para-hydroxylation sites is 1. The van der Waals surface area contributed by atoms with Crippen LogP contribution in [0.3, 0.4) is 0 Å². The van der Waals surface area contributed by atoms with Gasteiger partial charge in [0.2, 0.25) is 0 Å². The van der Waals surface area contributed by atoms with E-state index in [1.807, 2.05) is 18.2 Å². The maximum absolute atomic E-state index is 9.28. The summed E-state index contributed by atoms with van der Waals surface area (Å²) in [6.07, 6.45) is 5.35. The minimum absolute atomic E-state index is 0.323. The minimum Gasteiger partial charge on any atom is -0.496 e. The van der Waals surface area contributed by atoms with Crippen molar-refractivity contribution in [2.24, 2.45) is 5.92 Å². The number of rotatable bonds is 8. The maximum Gasteiger partial charge on any atom is 0.122 e. The van der Waals surface area contributed by atoms with Gasteiger partial charge in [-0.05, 0) is 73.3 Å². The molecular weight excluding hydrogens is 312 g/mol. The van der Waals surface area contributed by atoms with Crippen LogP contribution < -0.4 is 9.47 Å². The normalized spacial score (nSPS) is 19.8. The Labute approximate surface area is 150 Å². The fraction of sp³-hybridized carbons (Fsp3) is 0.455. The first-order chi connectivity index (χ1) is 12.3. The standard InChI is InChI=1S/C22H28O3/c1-24-22-7-3-2-5-19(22)6-4-14-25-21-12-10-18(11-13-21)20-9-8-17(15-20)16-23/h2-3,5,7,10-13,17,20,23H,4,6,8-9,14-16H2,1H3. The Balaban J connectivity index is 1.44. The van der Waals surface area contributed by atoms with E-state index in [1.165, 1.54) is 17.5 Å². The van der Waals surface area contributed by atoms with Crippen molar-refractivity contribution in [3.8, 4) is 11.5 Å². The second-order valence-corrected chi connectivity index (χ2v) is 6.89. The minimum atomic E-state index is 0.323. The van der Waals surface area contributed by atoms with Gasteiger partial charge < -0.3 is 14.6 Å². The highest BCUT2D eigenvalue weighted by Crippen LogP contribution is 2.38. The number of aliphatic hydroxyl groups excluding tert-OH is 1. The van der Waals surface area contributed by atoms with Crippen LogP contribution in [0.4, 0.5) is 0 Å². The van der Waals surface area contributed by atoms with Crippen LogP contribution in [0.2, 0.25) is 0 Å². The lowest BCUT2D eigenvalue weighted by Gasteiger charge is -2.12. The van der Waals surface area contributed by atoms with E-state index in [0.717, 1.165) is 37.2 Å². The van der Waals surface area contributed by atoms with Crippen molar-refractivity contribution < 1.29 is 14.6 Å². The third-order valence-corrected chi connectivity index (χ3v) is 5.20. The molecule has 25 heavy (non-hydrogen) atoms. The second-order valence-electron chi connectivity index (χ2n) is 6.89. The number of hydrogen-bond acceptors (Lipinski definition) is 3. The lowest BCUT2D eigenvalue weighted by Crippen LogP contribution is -2.02. The van der Waals surface area contributed by atoms with Crippen molar-refractivity contribution in [2.75, 3.05) is 20.3 Å². The predicted octanol–water partition coefficient (Wildman–Crippen LogP) is 4.58. The van der Waals surface area contributed by atoms with Crippen LogP contribution in [0.1, 0.15) is 42.7 Å². The summed E-state index contributed by atoms with van der Waals surface area (Å²) in [5.74, 6) is 2.96. The Bertz CT molecular complexity index is 651. The maximum atomic E-state index is 9.28. The predicted molar refractivity (Wildman–Crippen MR) is 100 cm³/mol. The molecule has 0 amide bonds. The highest BCUT2D eigenvalue weighted by atomic mass is 16.5. The van der Waals surface area contributed by atoms with E-state index in [0.29, 0.717) is 25.0 Å². The van der Waals surface area contributed by atoms with Gasteiger partial charge in [-0.1, -0.05) is 30.3 Å². The molecule has 1 aliphatic carbocycles. The van der Waals surface area contributed by atoms with E-state index in [1.54, 1.807) is 7.11 Å². The molecule has 2 aromatic rings. The molecule has 3 nitrogen and oxygen atoms in total. The largest absolute Gasteiger partial charge is 0.496 e. The number of aryl methyl sites for hydroxylation is 1. The van der Waals surface area contributed by atoms with Gasteiger partial charge in [0.1, 0.15) is 11.5 Å². The molecule has 1 saturated carbocycles. The zero-order valence-electron chi connectivity index (χ0n) is 15.0. The number of hydrogen-bond donors (Lipinski definition) is 1. The Morgan fingerprint density at radius 1 is 1.04 bits per heavy atom. The van der Waals surface area contributed by atoms with Gasteiger partial charge in [0.05, 0.1) is 13.7 Å². The van der Waals surface area contributed by atoms with Crippen LogP contribution in [0.5, 0.6) is 11.5 Å². The van der Waals surface area contributed by atoms with Gasteiger partial charge in [-0.2, -0.15) is 0 Å². The summed E-state index contributed by atoms with van der Waals surface area (Å²) in [5, 5.41) is 9.28. The van der Waals surface area contributed by atoms with E-state index < -0.39 is 0 Å². The van der Waals surface area contributed by atoms with Gasteiger partial charge in [-0.3, -0.25) is 0 Å². The highest BCUT2D eigenvalue weighted by Gasteiger charge is 2.25. The third-order valence-electron chi connectivity index (χ3n) is 5.20. The molecule has 0 saturated heterocycles. The van der Waals surface area contributed by atoms with Gasteiger partial charge in [0.25, 0.3) is 0 Å². The first kappa shape index (κ1) is 17.8. The fourth-order valence-corrected chi connectivity index (χ4v) is 3.74. The average Bonchev–Trinajstić information content (AvgIpc) is 3.15. The molecule has 0 radical (unpaired) electrons. The molecule has 0 aliphatic heterocycles. The summed E-state index contributed by atoms with van der Waals surface area (Å²) in [7, 11) is 1.71. The van der Waals surface area contributed by atoms with Crippen molar-refractivity contribution in [3.63, 3.8) is 0 Å². The van der Waals surface area contributed by atoms with Crippen molar-refractivity contribution in [2.45, 2.75) is 38.0 Å². The molecule has 0 bridgehead atoms. The van der Waals surface area contributed by atoms with Crippen molar-refractivity contribution in [3.05, 3.63) is 59.7 Å². The quantitative estimate of drug-likeness (QED) is 0.715. The highest BCUT2D eigenvalue weighted by molar-refractivity contribution is 5.33. The topological polar surface area (TPSA) is 38.7 Å². The first-order valence-electron chi connectivity index (χ1n) is 9.25. The summed E-state index contributed by atoms with van der Waals surface area (Å²) >= 11 is 0. The van der Waals surface area contributed by atoms with Crippen LogP contribution in [-0.2, 0) is 6.42 Å². The monoisotopic (exact) mass is 340 g/mol. The van der Waals surface area contributed by atoms with E-state index in [9.17, 15) is 5.11 Å². The first-order valence-corrected chi connectivity index (χ1v) is 9.25. The Hall–Kier alpha value is -2.00. The van der Waals surface area contributed by atoms with Gasteiger partial charge in [0, 0.05) is 6.61 Å². The molecule has 0 aromatic heterocycles. The Kier molecular flexibility index (Phi) is 6.35. The lowest BCUT2D eigenvalue weighted by atomic mass is 9.96. The number of benzene rings is 2. The molecule has 0 heterocycles. The smallest absolute Gasteiger partial charge is 0.122 e. The lowest BCUT2D eigenvalue weighted by molar-refractivity contribution is 0.229. The van der Waals surface area contributed by atoms with E-state index in [4.69, 9.17) is 9.47 Å². The van der Waals surface area contributed by atoms with Crippen LogP contribution in [0.25, 0.3) is 0 Å². The number of ether oxygens (including phenoxy) is 2. The zero-order valence-corrected chi connectivity index (χ0v) is 15.0. The van der Waals surface area contributed by atoms with Crippen LogP contribution >= 0.6 is 0 Å². The van der Waals surface area contributed by atoms with E-state index in [-0.39, 0.29) is 0 Å². The molecule has 1 aliphatic rings. The summed E-state index contributed by atoms with van der Waals surface area (Å²) in [5.41, 5.74) is 2.60. The molecule has 2 atom stereocenters.